The Labute approximate surface area is 177 Å². The summed E-state index contributed by atoms with van der Waals surface area (Å²) in [6.07, 6.45) is 5.29. The van der Waals surface area contributed by atoms with Crippen LogP contribution in [0, 0.1) is 12.7 Å². The second-order valence-electron chi connectivity index (χ2n) is 8.41. The number of benzene rings is 2. The number of nitrogens with one attached hydrogen (secondary N) is 1. The third-order valence-electron chi connectivity index (χ3n) is 6.46. The molecule has 5 rings (SSSR count). The van der Waals surface area contributed by atoms with Crippen molar-refractivity contribution in [3.05, 3.63) is 76.2 Å². The topological polar surface area (TPSA) is 41.1 Å². The molecule has 2 aromatic carbocycles. The number of hydrogen-bond donors (Lipinski definition) is 1. The molecule has 154 valence electrons. The molecule has 1 atom stereocenters. The Morgan fingerprint density at radius 1 is 1.03 bits per heavy atom. The van der Waals surface area contributed by atoms with Gasteiger partial charge in [-0.25, -0.2) is 9.37 Å². The monoisotopic (exact) mass is 402 g/mol. The van der Waals surface area contributed by atoms with Gasteiger partial charge >= 0.3 is 0 Å². The smallest absolute Gasteiger partial charge is 0.228 e. The van der Waals surface area contributed by atoms with Gasteiger partial charge in [-0.15, -0.1) is 0 Å². The fourth-order valence-corrected chi connectivity index (χ4v) is 4.75. The van der Waals surface area contributed by atoms with Crippen LogP contribution in [0.5, 0.6) is 0 Å². The predicted molar refractivity (Wildman–Crippen MR) is 119 cm³/mol. The second kappa shape index (κ2) is 7.71. The van der Waals surface area contributed by atoms with Crippen molar-refractivity contribution in [3.8, 4) is 0 Å². The van der Waals surface area contributed by atoms with Crippen molar-refractivity contribution >= 4 is 17.5 Å². The zero-order valence-electron chi connectivity index (χ0n) is 17.6. The Hall–Kier alpha value is -2.95. The van der Waals surface area contributed by atoms with E-state index in [1.807, 2.05) is 6.92 Å². The molecule has 1 aliphatic carbocycles. The first-order valence-corrected chi connectivity index (χ1v) is 10.9. The zero-order valence-corrected chi connectivity index (χ0v) is 17.6. The van der Waals surface area contributed by atoms with Crippen molar-refractivity contribution < 1.29 is 4.39 Å². The van der Waals surface area contributed by atoms with Crippen LogP contribution in [0.15, 0.2) is 42.5 Å². The first kappa shape index (κ1) is 19.0. The van der Waals surface area contributed by atoms with Gasteiger partial charge < -0.3 is 10.2 Å². The highest BCUT2D eigenvalue weighted by Crippen LogP contribution is 2.35. The summed E-state index contributed by atoms with van der Waals surface area (Å²) >= 11 is 0. The first-order valence-electron chi connectivity index (χ1n) is 10.9. The molecule has 0 fully saturated rings. The van der Waals surface area contributed by atoms with Crippen molar-refractivity contribution in [1.82, 2.24) is 9.97 Å². The lowest BCUT2D eigenvalue weighted by atomic mass is 9.93. The fraction of sp³-hybridized carbons (Fsp3) is 0.360. The Kier molecular flexibility index (Phi) is 4.89. The van der Waals surface area contributed by atoms with Gasteiger partial charge in [-0.2, -0.15) is 4.98 Å². The van der Waals surface area contributed by atoms with E-state index in [2.05, 4.69) is 41.4 Å². The molecule has 3 aromatic rings. The molecule has 1 aromatic heterocycles. The van der Waals surface area contributed by atoms with Crippen LogP contribution in [-0.2, 0) is 19.3 Å². The van der Waals surface area contributed by atoms with Gasteiger partial charge in [0.05, 0.1) is 11.7 Å². The summed E-state index contributed by atoms with van der Waals surface area (Å²) in [7, 11) is 0. The van der Waals surface area contributed by atoms with E-state index >= 15 is 0 Å². The molecule has 5 heteroatoms. The normalized spacial score (nSPS) is 18.0. The van der Waals surface area contributed by atoms with Crippen LogP contribution >= 0.6 is 0 Å². The van der Waals surface area contributed by atoms with Gasteiger partial charge in [0.25, 0.3) is 0 Å². The summed E-state index contributed by atoms with van der Waals surface area (Å²) in [6.45, 7) is 5.06. The van der Waals surface area contributed by atoms with Crippen molar-refractivity contribution in [2.24, 2.45) is 0 Å². The Morgan fingerprint density at radius 3 is 2.73 bits per heavy atom. The molecular weight excluding hydrogens is 375 g/mol. The van der Waals surface area contributed by atoms with Crippen LogP contribution in [0.25, 0.3) is 0 Å². The maximum atomic E-state index is 13.6. The fourth-order valence-electron chi connectivity index (χ4n) is 4.75. The average Bonchev–Trinajstić information content (AvgIpc) is 2.76. The van der Waals surface area contributed by atoms with E-state index < -0.39 is 0 Å². The molecule has 0 saturated heterocycles. The van der Waals surface area contributed by atoms with Crippen LogP contribution < -0.4 is 10.2 Å². The number of aryl methyl sites for hydroxylation is 2. The van der Waals surface area contributed by atoms with E-state index in [4.69, 9.17) is 9.97 Å². The molecule has 1 aliphatic heterocycles. The molecule has 0 spiro atoms. The zero-order chi connectivity index (χ0) is 20.7. The lowest BCUT2D eigenvalue weighted by molar-refractivity contribution is 0.599. The van der Waals surface area contributed by atoms with Gasteiger partial charge in [-0.3, -0.25) is 0 Å². The quantitative estimate of drug-likeness (QED) is 0.613. The minimum Gasteiger partial charge on any atom is -0.340 e. The van der Waals surface area contributed by atoms with Crippen molar-refractivity contribution in [2.45, 2.75) is 52.0 Å². The minimum absolute atomic E-state index is 0.218. The van der Waals surface area contributed by atoms with Crippen LogP contribution in [0.1, 0.15) is 53.8 Å². The van der Waals surface area contributed by atoms with Gasteiger partial charge in [-0.1, -0.05) is 24.3 Å². The van der Waals surface area contributed by atoms with Crippen LogP contribution in [0.2, 0.25) is 0 Å². The first-order chi connectivity index (χ1) is 14.6. The summed E-state index contributed by atoms with van der Waals surface area (Å²) in [5.74, 6) is 1.44. The molecule has 2 heterocycles. The van der Waals surface area contributed by atoms with Gasteiger partial charge in [0.15, 0.2) is 0 Å². The summed E-state index contributed by atoms with van der Waals surface area (Å²) < 4.78 is 13.6. The maximum Gasteiger partial charge on any atom is 0.228 e. The van der Waals surface area contributed by atoms with Gasteiger partial charge in [0.2, 0.25) is 5.95 Å². The number of rotatable bonds is 3. The van der Waals surface area contributed by atoms with E-state index in [-0.39, 0.29) is 11.9 Å². The number of anilines is 3. The minimum atomic E-state index is -0.218. The van der Waals surface area contributed by atoms with Crippen LogP contribution in [0.4, 0.5) is 21.8 Å². The van der Waals surface area contributed by atoms with Crippen molar-refractivity contribution in [2.75, 3.05) is 16.8 Å². The van der Waals surface area contributed by atoms with E-state index in [9.17, 15) is 4.39 Å². The largest absolute Gasteiger partial charge is 0.340 e. The molecule has 4 nitrogen and oxygen atoms in total. The Bertz CT molecular complexity index is 1090. The highest BCUT2D eigenvalue weighted by atomic mass is 19.1. The van der Waals surface area contributed by atoms with Crippen molar-refractivity contribution in [3.63, 3.8) is 0 Å². The van der Waals surface area contributed by atoms with Crippen LogP contribution in [-0.4, -0.2) is 16.5 Å². The Balaban J connectivity index is 1.55. The molecule has 1 unspecified atom stereocenters. The number of fused-ring (bicyclic) bond motifs is 2. The lowest BCUT2D eigenvalue weighted by Gasteiger charge is -2.36. The highest BCUT2D eigenvalue weighted by Gasteiger charge is 2.28. The Morgan fingerprint density at radius 2 is 1.87 bits per heavy atom. The molecular formula is C25H27FN4. The number of nitrogens with zero attached hydrogens (tertiary/aromatic N) is 3. The number of aromatic nitrogens is 2. The summed E-state index contributed by atoms with van der Waals surface area (Å²) in [4.78, 5) is 12.3. The molecule has 2 aliphatic rings. The predicted octanol–water partition coefficient (Wildman–Crippen LogP) is 5.67. The van der Waals surface area contributed by atoms with E-state index in [0.29, 0.717) is 0 Å². The molecule has 0 saturated carbocycles. The third-order valence-corrected chi connectivity index (χ3v) is 6.46. The average molecular weight is 403 g/mol. The number of hydrogen-bond acceptors (Lipinski definition) is 4. The SMILES string of the molecule is Cc1cc(F)ccc1Nc1nc(N2CCc3ccccc3C2C)nc2c1CCCC2. The molecule has 0 radical (unpaired) electrons. The summed E-state index contributed by atoms with van der Waals surface area (Å²) in [6, 6.07) is 13.7. The molecule has 0 amide bonds. The van der Waals surface area contributed by atoms with Gasteiger partial charge in [0, 0.05) is 17.8 Å². The van der Waals surface area contributed by atoms with E-state index in [1.165, 1.54) is 22.8 Å². The standard InChI is InChI=1S/C25H27FN4/c1-16-15-19(26)11-12-22(16)27-24-21-9-5-6-10-23(21)28-25(29-24)30-14-13-18-7-3-4-8-20(18)17(30)2/h3-4,7-8,11-12,15,17H,5-6,9-10,13-14H2,1-2H3,(H,27,28,29). The van der Waals surface area contributed by atoms with Crippen LogP contribution in [0.3, 0.4) is 0 Å². The third kappa shape index (κ3) is 3.42. The summed E-state index contributed by atoms with van der Waals surface area (Å²) in [5, 5.41) is 3.50. The van der Waals surface area contributed by atoms with E-state index in [1.54, 1.807) is 12.1 Å². The number of halogens is 1. The lowest BCUT2D eigenvalue weighted by Crippen LogP contribution is -2.35. The van der Waals surface area contributed by atoms with Gasteiger partial charge in [-0.05, 0) is 80.8 Å². The van der Waals surface area contributed by atoms with E-state index in [0.717, 1.165) is 67.4 Å². The van der Waals surface area contributed by atoms with Gasteiger partial charge in [0.1, 0.15) is 11.6 Å². The molecule has 0 bridgehead atoms. The highest BCUT2D eigenvalue weighted by molar-refractivity contribution is 5.65. The second-order valence-corrected chi connectivity index (χ2v) is 8.41. The maximum absolute atomic E-state index is 13.6. The molecule has 1 N–H and O–H groups in total. The van der Waals surface area contributed by atoms with Crippen molar-refractivity contribution in [1.29, 1.82) is 0 Å². The molecule has 30 heavy (non-hydrogen) atoms. The summed E-state index contributed by atoms with van der Waals surface area (Å²) in [5.41, 5.74) is 6.90.